The lowest BCUT2D eigenvalue weighted by molar-refractivity contribution is -0.118. The highest BCUT2D eigenvalue weighted by molar-refractivity contribution is 7.14. The minimum Gasteiger partial charge on any atom is -0.356 e. The van der Waals surface area contributed by atoms with Crippen LogP contribution in [0.4, 0.5) is 5.13 Å². The molecule has 0 unspecified atom stereocenters. The highest BCUT2D eigenvalue weighted by Crippen LogP contribution is 2.26. The molecule has 4 aromatic rings. The number of hydrogen-bond donors (Lipinski definition) is 2. The molecule has 2 N–H and O–H groups in total. The van der Waals surface area contributed by atoms with Crippen LogP contribution in [0.3, 0.4) is 0 Å². The van der Waals surface area contributed by atoms with E-state index >= 15 is 0 Å². The fourth-order valence-electron chi connectivity index (χ4n) is 3.57. The summed E-state index contributed by atoms with van der Waals surface area (Å²) >= 11 is 1.36. The monoisotopic (exact) mass is 474 g/mol. The van der Waals surface area contributed by atoms with Gasteiger partial charge in [-0.15, -0.1) is 16.4 Å². The van der Waals surface area contributed by atoms with E-state index < -0.39 is 0 Å². The lowest BCUT2D eigenvalue weighted by Crippen LogP contribution is -2.22. The molecular formula is C25H26N6O2S. The normalized spacial score (nSPS) is 10.8. The molecule has 8 nitrogen and oxygen atoms in total. The third kappa shape index (κ3) is 5.37. The van der Waals surface area contributed by atoms with Gasteiger partial charge in [0.2, 0.25) is 5.91 Å². The molecule has 2 heterocycles. The Morgan fingerprint density at radius 2 is 1.79 bits per heavy atom. The number of carbonyl (C=O) groups excluding carboxylic acids is 2. The van der Waals surface area contributed by atoms with Crippen LogP contribution in [0.5, 0.6) is 0 Å². The number of nitrogens with zero attached hydrogens (tertiary/aromatic N) is 4. The molecular weight excluding hydrogens is 448 g/mol. The van der Waals surface area contributed by atoms with Gasteiger partial charge in [0, 0.05) is 24.4 Å². The maximum atomic E-state index is 12.9. The molecule has 4 rings (SSSR count). The van der Waals surface area contributed by atoms with E-state index in [4.69, 9.17) is 0 Å². The molecule has 2 aromatic heterocycles. The van der Waals surface area contributed by atoms with Crippen molar-refractivity contribution in [3.63, 3.8) is 0 Å². The predicted octanol–water partition coefficient (Wildman–Crippen LogP) is 4.25. The summed E-state index contributed by atoms with van der Waals surface area (Å²) in [6, 6.07) is 14.0. The lowest BCUT2D eigenvalue weighted by atomic mass is 10.1. The van der Waals surface area contributed by atoms with Gasteiger partial charge < -0.3 is 5.32 Å². The van der Waals surface area contributed by atoms with Crippen LogP contribution in [0.15, 0.2) is 47.8 Å². The first-order valence-electron chi connectivity index (χ1n) is 10.9. The van der Waals surface area contributed by atoms with Gasteiger partial charge >= 0.3 is 0 Å². The SMILES string of the molecule is CC(=O)NCCc1ccc(-c2csc(NC(=O)c3nn(-c4ccc(C)cc4C)nc3C)n2)cc1. The first-order chi connectivity index (χ1) is 16.3. The highest BCUT2D eigenvalue weighted by atomic mass is 32.1. The first kappa shape index (κ1) is 23.3. The van der Waals surface area contributed by atoms with Crippen LogP contribution in [0.2, 0.25) is 0 Å². The van der Waals surface area contributed by atoms with Gasteiger partial charge in [0.1, 0.15) is 0 Å². The van der Waals surface area contributed by atoms with Crippen molar-refractivity contribution >= 4 is 28.3 Å². The van der Waals surface area contributed by atoms with Gasteiger partial charge in [-0.2, -0.15) is 9.90 Å². The van der Waals surface area contributed by atoms with E-state index in [2.05, 4.69) is 31.9 Å². The Hall–Kier alpha value is -3.85. The fourth-order valence-corrected chi connectivity index (χ4v) is 4.29. The number of benzene rings is 2. The summed E-state index contributed by atoms with van der Waals surface area (Å²) in [5.74, 6) is -0.376. The Morgan fingerprint density at radius 3 is 2.50 bits per heavy atom. The second-order valence-electron chi connectivity index (χ2n) is 8.14. The summed E-state index contributed by atoms with van der Waals surface area (Å²) in [6.07, 6.45) is 0.764. The van der Waals surface area contributed by atoms with E-state index in [1.807, 2.05) is 55.6 Å². The molecule has 2 amide bonds. The topological polar surface area (TPSA) is 102 Å². The molecule has 0 atom stereocenters. The Kier molecular flexibility index (Phi) is 6.83. The molecule has 174 valence electrons. The molecule has 0 aliphatic heterocycles. The van der Waals surface area contributed by atoms with Crippen LogP contribution in [-0.2, 0) is 11.2 Å². The second-order valence-corrected chi connectivity index (χ2v) is 8.99. The van der Waals surface area contributed by atoms with Gasteiger partial charge in [-0.25, -0.2) is 4.98 Å². The van der Waals surface area contributed by atoms with Crippen LogP contribution in [0.25, 0.3) is 16.9 Å². The number of amides is 2. The van der Waals surface area contributed by atoms with Crippen molar-refractivity contribution in [2.75, 3.05) is 11.9 Å². The van der Waals surface area contributed by atoms with Crippen molar-refractivity contribution in [3.05, 3.63) is 75.9 Å². The number of rotatable bonds is 7. The highest BCUT2D eigenvalue weighted by Gasteiger charge is 2.18. The van der Waals surface area contributed by atoms with Gasteiger partial charge in [-0.3, -0.25) is 14.9 Å². The first-order valence-corrected chi connectivity index (χ1v) is 11.8. The van der Waals surface area contributed by atoms with Crippen LogP contribution in [0.1, 0.15) is 39.8 Å². The summed E-state index contributed by atoms with van der Waals surface area (Å²) in [4.78, 5) is 29.9. The largest absolute Gasteiger partial charge is 0.356 e. The van der Waals surface area contributed by atoms with Crippen molar-refractivity contribution in [1.82, 2.24) is 25.3 Å². The average molecular weight is 475 g/mol. The Labute approximate surface area is 202 Å². The van der Waals surface area contributed by atoms with Crippen molar-refractivity contribution in [2.24, 2.45) is 0 Å². The zero-order valence-electron chi connectivity index (χ0n) is 19.5. The predicted molar refractivity (Wildman–Crippen MR) is 133 cm³/mol. The molecule has 34 heavy (non-hydrogen) atoms. The van der Waals surface area contributed by atoms with Crippen LogP contribution in [0, 0.1) is 20.8 Å². The molecule has 9 heteroatoms. The molecule has 0 saturated carbocycles. The summed E-state index contributed by atoms with van der Waals surface area (Å²) in [5.41, 5.74) is 6.70. The molecule has 2 aromatic carbocycles. The molecule has 0 bridgehead atoms. The quantitative estimate of drug-likeness (QED) is 0.417. The molecule has 0 aliphatic carbocycles. The number of anilines is 1. The summed E-state index contributed by atoms with van der Waals surface area (Å²) in [5, 5.41) is 16.9. The molecule has 0 aliphatic rings. The van der Waals surface area contributed by atoms with E-state index in [0.717, 1.165) is 40.1 Å². The van der Waals surface area contributed by atoms with Gasteiger partial charge in [0.25, 0.3) is 5.91 Å². The lowest BCUT2D eigenvalue weighted by Gasteiger charge is -2.05. The zero-order valence-corrected chi connectivity index (χ0v) is 20.4. The van der Waals surface area contributed by atoms with Crippen molar-refractivity contribution in [2.45, 2.75) is 34.1 Å². The van der Waals surface area contributed by atoms with Gasteiger partial charge in [-0.05, 0) is 44.4 Å². The fraction of sp³-hybridized carbons (Fsp3) is 0.240. The number of nitrogens with one attached hydrogen (secondary N) is 2. The number of aromatic nitrogens is 4. The molecule has 0 fully saturated rings. The standard InChI is InChI=1S/C25H26N6O2S/c1-15-5-10-22(16(2)13-15)31-29-17(3)23(30-31)24(33)28-25-27-21(14-34-25)20-8-6-19(7-9-20)11-12-26-18(4)32/h5-10,13-14H,11-12H2,1-4H3,(H,26,32)(H,27,28,33). The summed E-state index contributed by atoms with van der Waals surface area (Å²) in [7, 11) is 0. The number of carbonyl (C=O) groups is 2. The van der Waals surface area contributed by atoms with E-state index in [1.54, 1.807) is 6.92 Å². The van der Waals surface area contributed by atoms with Crippen LogP contribution >= 0.6 is 11.3 Å². The zero-order chi connectivity index (χ0) is 24.2. The molecule has 0 spiro atoms. The molecule has 0 radical (unpaired) electrons. The van der Waals surface area contributed by atoms with Gasteiger partial charge in [0.15, 0.2) is 10.8 Å². The maximum absolute atomic E-state index is 12.9. The van der Waals surface area contributed by atoms with Gasteiger partial charge in [0.05, 0.1) is 17.1 Å². The molecule has 0 saturated heterocycles. The van der Waals surface area contributed by atoms with Crippen molar-refractivity contribution < 1.29 is 9.59 Å². The number of thiazole rings is 1. The smallest absolute Gasteiger partial charge is 0.279 e. The third-order valence-electron chi connectivity index (χ3n) is 5.33. The van der Waals surface area contributed by atoms with Crippen molar-refractivity contribution in [1.29, 1.82) is 0 Å². The van der Waals surface area contributed by atoms with E-state index in [9.17, 15) is 9.59 Å². The van der Waals surface area contributed by atoms with E-state index in [0.29, 0.717) is 17.4 Å². The Morgan fingerprint density at radius 1 is 1.03 bits per heavy atom. The summed E-state index contributed by atoms with van der Waals surface area (Å²) in [6.45, 7) is 7.91. The third-order valence-corrected chi connectivity index (χ3v) is 6.08. The van der Waals surface area contributed by atoms with Gasteiger partial charge in [-0.1, -0.05) is 42.0 Å². The van der Waals surface area contributed by atoms with E-state index in [-0.39, 0.29) is 17.5 Å². The van der Waals surface area contributed by atoms with Crippen LogP contribution < -0.4 is 10.6 Å². The minimum atomic E-state index is -0.345. The Bertz CT molecular complexity index is 1340. The van der Waals surface area contributed by atoms with E-state index in [1.165, 1.54) is 23.1 Å². The van der Waals surface area contributed by atoms with Crippen molar-refractivity contribution in [3.8, 4) is 16.9 Å². The maximum Gasteiger partial charge on any atom is 0.279 e. The number of aryl methyl sites for hydroxylation is 3. The number of hydrogen-bond acceptors (Lipinski definition) is 6. The second kappa shape index (κ2) is 9.96. The Balaban J connectivity index is 1.44. The average Bonchev–Trinajstić information content (AvgIpc) is 3.40. The minimum absolute atomic E-state index is 0.0309. The summed E-state index contributed by atoms with van der Waals surface area (Å²) < 4.78 is 0. The van der Waals surface area contributed by atoms with Crippen LogP contribution in [-0.4, -0.2) is 38.3 Å².